The summed E-state index contributed by atoms with van der Waals surface area (Å²) in [6.45, 7) is 0.267. The van der Waals surface area contributed by atoms with Gasteiger partial charge in [0.1, 0.15) is 22.3 Å². The van der Waals surface area contributed by atoms with E-state index in [0.29, 0.717) is 16.1 Å². The Labute approximate surface area is 127 Å². The third-order valence-corrected chi connectivity index (χ3v) is 4.19. The number of hydrogen-bond acceptors (Lipinski definition) is 4. The number of aromatic nitrogens is 1. The highest BCUT2D eigenvalue weighted by atomic mass is 79.9. The van der Waals surface area contributed by atoms with Crippen molar-refractivity contribution in [2.24, 2.45) is 5.92 Å². The van der Waals surface area contributed by atoms with Gasteiger partial charge in [0, 0.05) is 17.5 Å². The molecule has 3 unspecified atom stereocenters. The van der Waals surface area contributed by atoms with Crippen molar-refractivity contribution in [1.29, 1.82) is 0 Å². The smallest absolute Gasteiger partial charge is 0.228 e. The van der Waals surface area contributed by atoms with Crippen LogP contribution in [0.4, 0.5) is 4.39 Å². The minimum atomic E-state index is -0.310. The summed E-state index contributed by atoms with van der Waals surface area (Å²) in [6, 6.07) is 6.11. The molecule has 5 nitrogen and oxygen atoms in total. The van der Waals surface area contributed by atoms with E-state index >= 15 is 0 Å². The van der Waals surface area contributed by atoms with Crippen molar-refractivity contribution in [2.45, 2.75) is 18.6 Å². The van der Waals surface area contributed by atoms with Gasteiger partial charge in [-0.2, -0.15) is 0 Å². The Balaban J connectivity index is 1.42. The molecule has 0 saturated heterocycles. The molecule has 1 saturated carbocycles. The molecule has 0 bridgehead atoms. The molecule has 1 amide bonds. The van der Waals surface area contributed by atoms with Gasteiger partial charge in [-0.05, 0) is 34.1 Å². The highest BCUT2D eigenvalue weighted by Crippen LogP contribution is 2.58. The summed E-state index contributed by atoms with van der Waals surface area (Å²) >= 11 is 3.17. The van der Waals surface area contributed by atoms with Crippen LogP contribution in [-0.4, -0.2) is 17.2 Å². The highest BCUT2D eigenvalue weighted by Gasteiger charge is 2.62. The van der Waals surface area contributed by atoms with Gasteiger partial charge in [-0.3, -0.25) is 4.79 Å². The van der Waals surface area contributed by atoms with Crippen molar-refractivity contribution in [2.75, 3.05) is 0 Å². The van der Waals surface area contributed by atoms with E-state index < -0.39 is 0 Å². The number of carbonyl (C=O) groups is 1. The number of benzene rings is 1. The van der Waals surface area contributed by atoms with E-state index in [4.69, 9.17) is 9.26 Å². The fourth-order valence-corrected chi connectivity index (χ4v) is 3.14. The average Bonchev–Trinajstić information content (AvgIpc) is 2.81. The lowest BCUT2D eigenvalue weighted by atomic mass is 10.1. The largest absolute Gasteiger partial charge is 0.489 e. The molecular formula is C14H10BrFN2O3. The molecule has 1 aromatic carbocycles. The molecule has 0 spiro atoms. The predicted octanol–water partition coefficient (Wildman–Crippen LogP) is 2.37. The standard InChI is InChI=1S/C14H10BrFN2O3/c15-10-4-7(21-18-10)5-17-14(19)12-11-8-3-6(16)1-2-9(8)20-13(11)12/h1-4,11-13H,5H2,(H,17,19). The molecule has 2 heterocycles. The Bertz CT molecular complexity index is 733. The molecule has 1 N–H and O–H groups in total. The van der Waals surface area contributed by atoms with Gasteiger partial charge in [0.25, 0.3) is 0 Å². The van der Waals surface area contributed by atoms with E-state index in [1.54, 1.807) is 12.1 Å². The zero-order chi connectivity index (χ0) is 14.6. The maximum Gasteiger partial charge on any atom is 0.228 e. The molecule has 108 valence electrons. The summed E-state index contributed by atoms with van der Waals surface area (Å²) in [5.74, 6) is 0.508. The quantitative estimate of drug-likeness (QED) is 0.920. The second-order valence-electron chi connectivity index (χ2n) is 5.15. The van der Waals surface area contributed by atoms with Gasteiger partial charge in [0.15, 0.2) is 5.76 Å². The van der Waals surface area contributed by atoms with E-state index in [1.165, 1.54) is 12.1 Å². The van der Waals surface area contributed by atoms with Crippen LogP contribution in [0.3, 0.4) is 0 Å². The van der Waals surface area contributed by atoms with Crippen LogP contribution < -0.4 is 10.1 Å². The number of amides is 1. The fraction of sp³-hybridized carbons (Fsp3) is 0.286. The third kappa shape index (κ3) is 2.12. The number of nitrogens with zero attached hydrogens (tertiary/aromatic N) is 1. The molecule has 2 aromatic rings. The van der Waals surface area contributed by atoms with E-state index in [0.717, 1.165) is 5.56 Å². The van der Waals surface area contributed by atoms with Crippen LogP contribution in [0.2, 0.25) is 0 Å². The van der Waals surface area contributed by atoms with Crippen molar-refractivity contribution in [3.05, 3.63) is 46.0 Å². The van der Waals surface area contributed by atoms with E-state index in [9.17, 15) is 9.18 Å². The minimum Gasteiger partial charge on any atom is -0.489 e. The summed E-state index contributed by atoms with van der Waals surface area (Å²) in [5.41, 5.74) is 0.780. The number of hydrogen-bond donors (Lipinski definition) is 1. The maximum absolute atomic E-state index is 13.3. The molecule has 1 fully saturated rings. The van der Waals surface area contributed by atoms with Crippen molar-refractivity contribution in [3.8, 4) is 5.75 Å². The van der Waals surface area contributed by atoms with Crippen LogP contribution in [0.5, 0.6) is 5.75 Å². The first kappa shape index (κ1) is 12.8. The van der Waals surface area contributed by atoms with E-state index in [-0.39, 0.29) is 36.2 Å². The third-order valence-electron chi connectivity index (χ3n) is 3.82. The van der Waals surface area contributed by atoms with Crippen LogP contribution in [-0.2, 0) is 11.3 Å². The molecule has 21 heavy (non-hydrogen) atoms. The molecule has 1 aliphatic heterocycles. The lowest BCUT2D eigenvalue weighted by molar-refractivity contribution is -0.123. The zero-order valence-corrected chi connectivity index (χ0v) is 12.3. The maximum atomic E-state index is 13.3. The predicted molar refractivity (Wildman–Crippen MR) is 73.1 cm³/mol. The first-order valence-corrected chi connectivity index (χ1v) is 7.28. The molecule has 7 heteroatoms. The minimum absolute atomic E-state index is 0.0443. The van der Waals surface area contributed by atoms with Crippen molar-refractivity contribution in [1.82, 2.24) is 10.5 Å². The Kier molecular flexibility index (Phi) is 2.78. The Hall–Kier alpha value is -1.89. The first-order valence-electron chi connectivity index (χ1n) is 6.48. The number of ether oxygens (including phenoxy) is 1. The van der Waals surface area contributed by atoms with Gasteiger partial charge in [-0.1, -0.05) is 5.16 Å². The molecule has 0 radical (unpaired) electrons. The Morgan fingerprint density at radius 1 is 1.43 bits per heavy atom. The molecule has 2 aliphatic rings. The normalized spacial score (nSPS) is 25.0. The SMILES string of the molecule is O=C(NCc1cc(Br)no1)C1C2Oc3ccc(F)cc3C21. The lowest BCUT2D eigenvalue weighted by Gasteiger charge is -2.08. The van der Waals surface area contributed by atoms with Gasteiger partial charge in [-0.15, -0.1) is 0 Å². The van der Waals surface area contributed by atoms with E-state index in [2.05, 4.69) is 26.4 Å². The summed E-state index contributed by atoms with van der Waals surface area (Å²) in [6.07, 6.45) is -0.178. The highest BCUT2D eigenvalue weighted by molar-refractivity contribution is 9.10. The molecule has 4 rings (SSSR count). The molecule has 3 atom stereocenters. The molecule has 1 aromatic heterocycles. The van der Waals surface area contributed by atoms with Crippen LogP contribution in [0.1, 0.15) is 17.2 Å². The summed E-state index contributed by atoms with van der Waals surface area (Å²) in [5, 5.41) is 6.46. The monoisotopic (exact) mass is 352 g/mol. The number of nitrogens with one attached hydrogen (secondary N) is 1. The second kappa shape index (κ2) is 4.56. The van der Waals surface area contributed by atoms with Crippen LogP contribution >= 0.6 is 15.9 Å². The topological polar surface area (TPSA) is 64.4 Å². The lowest BCUT2D eigenvalue weighted by Crippen LogP contribution is -2.27. The van der Waals surface area contributed by atoms with Gasteiger partial charge in [0.05, 0.1) is 12.5 Å². The summed E-state index contributed by atoms with van der Waals surface area (Å²) in [7, 11) is 0. The Morgan fingerprint density at radius 3 is 3.05 bits per heavy atom. The number of fused-ring (bicyclic) bond motifs is 3. The van der Waals surface area contributed by atoms with Gasteiger partial charge in [0.2, 0.25) is 5.91 Å². The van der Waals surface area contributed by atoms with Crippen LogP contribution in [0.25, 0.3) is 0 Å². The van der Waals surface area contributed by atoms with Gasteiger partial charge >= 0.3 is 0 Å². The number of rotatable bonds is 3. The van der Waals surface area contributed by atoms with Crippen LogP contribution in [0, 0.1) is 11.7 Å². The van der Waals surface area contributed by atoms with Crippen LogP contribution in [0.15, 0.2) is 33.4 Å². The van der Waals surface area contributed by atoms with Crippen molar-refractivity contribution < 1.29 is 18.4 Å². The number of carbonyl (C=O) groups excluding carboxylic acids is 1. The average molecular weight is 353 g/mol. The Morgan fingerprint density at radius 2 is 2.29 bits per heavy atom. The molecular weight excluding hydrogens is 343 g/mol. The number of halogens is 2. The van der Waals surface area contributed by atoms with E-state index in [1.807, 2.05) is 0 Å². The second-order valence-corrected chi connectivity index (χ2v) is 5.96. The summed E-state index contributed by atoms with van der Waals surface area (Å²) < 4.78 is 24.5. The fourth-order valence-electron chi connectivity index (χ4n) is 2.81. The first-order chi connectivity index (χ1) is 10.1. The van der Waals surface area contributed by atoms with Crippen molar-refractivity contribution in [3.63, 3.8) is 0 Å². The van der Waals surface area contributed by atoms with Crippen molar-refractivity contribution >= 4 is 21.8 Å². The van der Waals surface area contributed by atoms with Gasteiger partial charge in [-0.25, -0.2) is 4.39 Å². The zero-order valence-electron chi connectivity index (χ0n) is 10.7. The van der Waals surface area contributed by atoms with Gasteiger partial charge < -0.3 is 14.6 Å². The molecule has 1 aliphatic carbocycles. The summed E-state index contributed by atoms with van der Waals surface area (Å²) in [4.78, 5) is 12.1.